The van der Waals surface area contributed by atoms with E-state index in [0.717, 1.165) is 36.6 Å². The van der Waals surface area contributed by atoms with Crippen molar-refractivity contribution in [2.45, 2.75) is 52.7 Å². The first-order valence-electron chi connectivity index (χ1n) is 7.36. The van der Waals surface area contributed by atoms with Gasteiger partial charge < -0.3 is 10.1 Å². The standard InChI is InChI=1S/C16H24N4O/c1-5-8-20-12-14(10-19-20)21-15-11-17-7-6-13(15)9-18-16(2,3)4/h6-7,10-12,18H,5,8-9H2,1-4H3. The summed E-state index contributed by atoms with van der Waals surface area (Å²) in [4.78, 5) is 4.15. The molecule has 0 fully saturated rings. The van der Waals surface area contributed by atoms with Crippen LogP contribution in [0.3, 0.4) is 0 Å². The van der Waals surface area contributed by atoms with Gasteiger partial charge in [-0.1, -0.05) is 6.92 Å². The number of rotatable bonds is 6. The van der Waals surface area contributed by atoms with Gasteiger partial charge in [0.15, 0.2) is 5.75 Å². The van der Waals surface area contributed by atoms with Crippen LogP contribution in [0.4, 0.5) is 0 Å². The van der Waals surface area contributed by atoms with E-state index in [-0.39, 0.29) is 5.54 Å². The molecule has 2 aromatic heterocycles. The minimum absolute atomic E-state index is 0.0621. The third kappa shape index (κ3) is 4.86. The average molecular weight is 288 g/mol. The van der Waals surface area contributed by atoms with Gasteiger partial charge in [-0.25, -0.2) is 0 Å². The maximum Gasteiger partial charge on any atom is 0.165 e. The summed E-state index contributed by atoms with van der Waals surface area (Å²) in [5.74, 6) is 1.51. The summed E-state index contributed by atoms with van der Waals surface area (Å²) in [6, 6.07) is 1.98. The van der Waals surface area contributed by atoms with E-state index < -0.39 is 0 Å². The zero-order valence-corrected chi connectivity index (χ0v) is 13.3. The first-order valence-corrected chi connectivity index (χ1v) is 7.36. The Kier molecular flexibility index (Phi) is 4.96. The molecule has 2 rings (SSSR count). The Balaban J connectivity index is 2.08. The third-order valence-corrected chi connectivity index (χ3v) is 2.97. The minimum atomic E-state index is 0.0621. The van der Waals surface area contributed by atoms with E-state index in [1.807, 2.05) is 16.9 Å². The van der Waals surface area contributed by atoms with E-state index in [1.54, 1.807) is 18.6 Å². The molecule has 5 nitrogen and oxygen atoms in total. The summed E-state index contributed by atoms with van der Waals surface area (Å²) < 4.78 is 7.80. The molecule has 0 aromatic carbocycles. The van der Waals surface area contributed by atoms with Gasteiger partial charge in [-0.15, -0.1) is 0 Å². The van der Waals surface area contributed by atoms with Crippen LogP contribution < -0.4 is 10.1 Å². The van der Waals surface area contributed by atoms with E-state index in [1.165, 1.54) is 0 Å². The molecule has 0 spiro atoms. The first-order chi connectivity index (χ1) is 9.98. The first kappa shape index (κ1) is 15.5. The van der Waals surface area contributed by atoms with Gasteiger partial charge in [0.25, 0.3) is 0 Å². The topological polar surface area (TPSA) is 52.0 Å². The van der Waals surface area contributed by atoms with Crippen LogP contribution in [-0.4, -0.2) is 20.3 Å². The van der Waals surface area contributed by atoms with Crippen LogP contribution in [0.5, 0.6) is 11.5 Å². The molecule has 2 heterocycles. The largest absolute Gasteiger partial charge is 0.452 e. The van der Waals surface area contributed by atoms with Crippen LogP contribution in [0.2, 0.25) is 0 Å². The van der Waals surface area contributed by atoms with Gasteiger partial charge in [-0.3, -0.25) is 9.67 Å². The van der Waals surface area contributed by atoms with Crippen LogP contribution in [0.25, 0.3) is 0 Å². The summed E-state index contributed by atoms with van der Waals surface area (Å²) in [6.45, 7) is 10.2. The normalized spacial score (nSPS) is 11.6. The summed E-state index contributed by atoms with van der Waals surface area (Å²) in [7, 11) is 0. The smallest absolute Gasteiger partial charge is 0.165 e. The number of nitrogens with one attached hydrogen (secondary N) is 1. The Morgan fingerprint density at radius 3 is 2.81 bits per heavy atom. The highest BCUT2D eigenvalue weighted by Gasteiger charge is 2.12. The minimum Gasteiger partial charge on any atom is -0.452 e. The van der Waals surface area contributed by atoms with E-state index >= 15 is 0 Å². The van der Waals surface area contributed by atoms with E-state index in [0.29, 0.717) is 0 Å². The second-order valence-electron chi connectivity index (χ2n) is 6.13. The molecule has 0 saturated heterocycles. The molecular formula is C16H24N4O. The van der Waals surface area contributed by atoms with E-state index in [9.17, 15) is 0 Å². The molecule has 0 aliphatic carbocycles. The monoisotopic (exact) mass is 288 g/mol. The molecule has 21 heavy (non-hydrogen) atoms. The molecule has 114 valence electrons. The predicted octanol–water partition coefficient (Wildman–Crippen LogP) is 3.37. The summed E-state index contributed by atoms with van der Waals surface area (Å²) in [5.41, 5.74) is 1.15. The van der Waals surface area contributed by atoms with Crippen molar-refractivity contribution in [2.24, 2.45) is 0 Å². The molecule has 0 aliphatic heterocycles. The number of hydrogen-bond donors (Lipinski definition) is 1. The quantitative estimate of drug-likeness (QED) is 0.885. The van der Waals surface area contributed by atoms with Crippen LogP contribution >= 0.6 is 0 Å². The number of pyridine rings is 1. The number of hydrogen-bond acceptors (Lipinski definition) is 4. The predicted molar refractivity (Wildman–Crippen MR) is 83.4 cm³/mol. The SMILES string of the molecule is CCCn1cc(Oc2cnccc2CNC(C)(C)C)cn1. The molecule has 2 aromatic rings. The van der Waals surface area contributed by atoms with Crippen LogP contribution in [-0.2, 0) is 13.1 Å². The number of aryl methyl sites for hydroxylation is 1. The second kappa shape index (κ2) is 6.72. The highest BCUT2D eigenvalue weighted by atomic mass is 16.5. The molecule has 0 atom stereocenters. The molecule has 0 saturated carbocycles. The van der Waals surface area contributed by atoms with Gasteiger partial charge in [-0.05, 0) is 33.3 Å². The lowest BCUT2D eigenvalue weighted by molar-refractivity contribution is 0.413. The molecule has 0 amide bonds. The molecule has 0 unspecified atom stereocenters. The number of aromatic nitrogens is 3. The number of nitrogens with zero attached hydrogens (tertiary/aromatic N) is 3. The fourth-order valence-electron chi connectivity index (χ4n) is 1.88. The van der Waals surface area contributed by atoms with Gasteiger partial charge in [0.1, 0.15) is 5.75 Å². The molecule has 0 aliphatic rings. The van der Waals surface area contributed by atoms with Crippen molar-refractivity contribution in [2.75, 3.05) is 0 Å². The summed E-state index contributed by atoms with van der Waals surface area (Å²) in [6.07, 6.45) is 8.24. The fourth-order valence-corrected chi connectivity index (χ4v) is 1.88. The Labute approximate surface area is 126 Å². The van der Waals surface area contributed by atoms with Crippen LogP contribution in [0.15, 0.2) is 30.9 Å². The zero-order valence-electron chi connectivity index (χ0n) is 13.3. The maximum absolute atomic E-state index is 5.92. The van der Waals surface area contributed by atoms with Crippen molar-refractivity contribution in [3.05, 3.63) is 36.4 Å². The lowest BCUT2D eigenvalue weighted by Crippen LogP contribution is -2.35. The lowest BCUT2D eigenvalue weighted by Gasteiger charge is -2.21. The van der Waals surface area contributed by atoms with Gasteiger partial charge in [0.2, 0.25) is 0 Å². The van der Waals surface area contributed by atoms with Gasteiger partial charge in [0, 0.05) is 30.4 Å². The Bertz CT molecular complexity index is 572. The Hall–Kier alpha value is -1.88. The highest BCUT2D eigenvalue weighted by molar-refractivity contribution is 5.34. The Morgan fingerprint density at radius 2 is 2.10 bits per heavy atom. The van der Waals surface area contributed by atoms with Crippen molar-refractivity contribution in [1.29, 1.82) is 0 Å². The van der Waals surface area contributed by atoms with Crippen molar-refractivity contribution in [3.63, 3.8) is 0 Å². The lowest BCUT2D eigenvalue weighted by atomic mass is 10.1. The molecule has 5 heteroatoms. The number of ether oxygens (including phenoxy) is 1. The third-order valence-electron chi connectivity index (χ3n) is 2.97. The van der Waals surface area contributed by atoms with Crippen LogP contribution in [0, 0.1) is 0 Å². The maximum atomic E-state index is 5.92. The molecule has 1 N–H and O–H groups in total. The van der Waals surface area contributed by atoms with Gasteiger partial charge >= 0.3 is 0 Å². The molecular weight excluding hydrogens is 264 g/mol. The van der Waals surface area contributed by atoms with E-state index in [4.69, 9.17) is 4.74 Å². The fraction of sp³-hybridized carbons (Fsp3) is 0.500. The summed E-state index contributed by atoms with van der Waals surface area (Å²) >= 11 is 0. The van der Waals surface area contributed by atoms with Gasteiger partial charge in [0.05, 0.1) is 18.6 Å². The van der Waals surface area contributed by atoms with Crippen molar-refractivity contribution < 1.29 is 4.74 Å². The molecule has 0 radical (unpaired) electrons. The average Bonchev–Trinajstić information content (AvgIpc) is 2.85. The van der Waals surface area contributed by atoms with Crippen molar-refractivity contribution >= 4 is 0 Å². The highest BCUT2D eigenvalue weighted by Crippen LogP contribution is 2.24. The van der Waals surface area contributed by atoms with Crippen LogP contribution in [0.1, 0.15) is 39.7 Å². The van der Waals surface area contributed by atoms with Gasteiger partial charge in [-0.2, -0.15) is 5.10 Å². The summed E-state index contributed by atoms with van der Waals surface area (Å²) in [5, 5.41) is 7.73. The van der Waals surface area contributed by atoms with Crippen molar-refractivity contribution in [3.8, 4) is 11.5 Å². The Morgan fingerprint density at radius 1 is 1.29 bits per heavy atom. The zero-order chi connectivity index (χ0) is 15.3. The molecule has 0 bridgehead atoms. The van der Waals surface area contributed by atoms with Crippen molar-refractivity contribution in [1.82, 2.24) is 20.1 Å². The van der Waals surface area contributed by atoms with E-state index in [2.05, 4.69) is 43.1 Å². The second-order valence-corrected chi connectivity index (χ2v) is 6.13.